The summed E-state index contributed by atoms with van der Waals surface area (Å²) < 4.78 is 58.4. The van der Waals surface area contributed by atoms with Crippen molar-refractivity contribution in [2.45, 2.75) is 37.7 Å². The summed E-state index contributed by atoms with van der Waals surface area (Å²) in [4.78, 5) is 12.6. The molecule has 0 spiro atoms. The number of hydrogen-bond acceptors (Lipinski definition) is 6. The summed E-state index contributed by atoms with van der Waals surface area (Å²) in [5.41, 5.74) is 0.384. The molecule has 1 saturated heterocycles. The van der Waals surface area contributed by atoms with Gasteiger partial charge in [0.1, 0.15) is 10.6 Å². The molecule has 2 atom stereocenters. The van der Waals surface area contributed by atoms with Crippen LogP contribution in [0, 0.1) is 31.4 Å². The highest BCUT2D eigenvalue weighted by Gasteiger charge is 2.36. The Kier molecular flexibility index (Phi) is 6.53. The molecule has 1 aliphatic heterocycles. The molecule has 2 heterocycles. The van der Waals surface area contributed by atoms with Crippen LogP contribution in [-0.4, -0.2) is 48.5 Å². The zero-order valence-electron chi connectivity index (χ0n) is 16.6. The van der Waals surface area contributed by atoms with Crippen LogP contribution in [0.25, 0.3) is 0 Å². The Balaban J connectivity index is 1.63. The normalized spacial score (nSPS) is 18.9. The van der Waals surface area contributed by atoms with Gasteiger partial charge in [-0.3, -0.25) is 4.79 Å². The Morgan fingerprint density at radius 1 is 1.37 bits per heavy atom. The fourth-order valence-electron chi connectivity index (χ4n) is 3.53. The number of nitrogens with one attached hydrogen (secondary N) is 1. The van der Waals surface area contributed by atoms with Crippen LogP contribution >= 0.6 is 0 Å². The Morgan fingerprint density at radius 2 is 2.10 bits per heavy atom. The van der Waals surface area contributed by atoms with Crippen LogP contribution < -0.4 is 5.32 Å². The van der Waals surface area contributed by atoms with Crippen molar-refractivity contribution in [1.82, 2.24) is 14.8 Å². The molecule has 1 amide bonds. The summed E-state index contributed by atoms with van der Waals surface area (Å²) >= 11 is 0. The molecule has 1 aromatic heterocycles. The number of aryl methyl sites for hydroxylation is 2. The van der Waals surface area contributed by atoms with Crippen molar-refractivity contribution in [3.8, 4) is 0 Å². The van der Waals surface area contributed by atoms with Gasteiger partial charge in [-0.15, -0.1) is 0 Å². The van der Waals surface area contributed by atoms with Crippen LogP contribution in [0.15, 0.2) is 27.6 Å². The van der Waals surface area contributed by atoms with Gasteiger partial charge in [0.2, 0.25) is 15.9 Å². The monoisotopic (exact) mass is 443 g/mol. The van der Waals surface area contributed by atoms with Gasteiger partial charge in [0.05, 0.1) is 12.0 Å². The van der Waals surface area contributed by atoms with E-state index in [-0.39, 0.29) is 41.5 Å². The first-order valence-electron chi connectivity index (χ1n) is 9.45. The van der Waals surface area contributed by atoms with Crippen LogP contribution in [0.3, 0.4) is 0 Å². The minimum atomic E-state index is -3.86. The number of hydrogen-bond donors (Lipinski definition) is 2. The second kappa shape index (κ2) is 8.78. The van der Waals surface area contributed by atoms with Crippen molar-refractivity contribution in [3.63, 3.8) is 0 Å². The van der Waals surface area contributed by atoms with Gasteiger partial charge < -0.3 is 14.9 Å². The molecular formula is C19H23F2N3O5S. The van der Waals surface area contributed by atoms with E-state index in [4.69, 9.17) is 4.52 Å². The Hall–Kier alpha value is -2.37. The third kappa shape index (κ3) is 4.52. The molecule has 1 fully saturated rings. The van der Waals surface area contributed by atoms with E-state index < -0.39 is 39.6 Å². The fourth-order valence-corrected chi connectivity index (χ4v) is 5.34. The summed E-state index contributed by atoms with van der Waals surface area (Å²) in [5, 5.41) is 16.4. The second-order valence-electron chi connectivity index (χ2n) is 7.29. The molecule has 0 radical (unpaired) electrons. The molecule has 3 rings (SSSR count). The van der Waals surface area contributed by atoms with Crippen LogP contribution in [0.1, 0.15) is 36.0 Å². The number of piperidine rings is 1. The van der Waals surface area contributed by atoms with Crippen LogP contribution in [-0.2, 0) is 14.8 Å². The van der Waals surface area contributed by atoms with E-state index in [1.165, 1.54) is 24.2 Å². The number of halogens is 2. The van der Waals surface area contributed by atoms with Crippen molar-refractivity contribution >= 4 is 15.9 Å². The lowest BCUT2D eigenvalue weighted by molar-refractivity contribution is -0.126. The maximum absolute atomic E-state index is 13.3. The highest BCUT2D eigenvalue weighted by molar-refractivity contribution is 7.89. The first-order chi connectivity index (χ1) is 14.1. The van der Waals surface area contributed by atoms with Crippen molar-refractivity contribution in [3.05, 3.63) is 46.9 Å². The summed E-state index contributed by atoms with van der Waals surface area (Å²) in [6.07, 6.45) is -0.248. The molecule has 0 bridgehead atoms. The standard InChI is InChI=1S/C19H23F2N3O5S/c1-11-18(12(2)29-23-11)30(27,28)24-7-3-4-14(10-24)19(26)22-9-17(25)13-5-6-15(20)16(21)8-13/h5-6,8,14,17,25H,3-4,7,9-10H2,1-2H3,(H,22,26). The zero-order valence-corrected chi connectivity index (χ0v) is 17.4. The average molecular weight is 443 g/mol. The second-order valence-corrected chi connectivity index (χ2v) is 9.16. The van der Waals surface area contributed by atoms with Gasteiger partial charge >= 0.3 is 0 Å². The number of amides is 1. The summed E-state index contributed by atoms with van der Waals surface area (Å²) in [7, 11) is -3.86. The Bertz CT molecular complexity index is 1020. The highest BCUT2D eigenvalue weighted by atomic mass is 32.2. The summed E-state index contributed by atoms with van der Waals surface area (Å²) in [6.45, 7) is 3.10. The van der Waals surface area contributed by atoms with Gasteiger partial charge in [-0.2, -0.15) is 4.31 Å². The predicted molar refractivity (Wildman–Crippen MR) is 102 cm³/mol. The molecule has 0 saturated carbocycles. The molecule has 2 N–H and O–H groups in total. The number of nitrogens with zero attached hydrogens (tertiary/aromatic N) is 2. The third-order valence-electron chi connectivity index (χ3n) is 5.12. The first-order valence-corrected chi connectivity index (χ1v) is 10.9. The molecular weight excluding hydrogens is 420 g/mol. The SMILES string of the molecule is Cc1noc(C)c1S(=O)(=O)N1CCCC(C(=O)NCC(O)c2ccc(F)c(F)c2)C1. The Labute approximate surface area is 172 Å². The Morgan fingerprint density at radius 3 is 2.73 bits per heavy atom. The quantitative estimate of drug-likeness (QED) is 0.704. The van der Waals surface area contributed by atoms with Crippen LogP contribution in [0.5, 0.6) is 0 Å². The largest absolute Gasteiger partial charge is 0.387 e. The van der Waals surface area contributed by atoms with E-state index in [1.54, 1.807) is 0 Å². The van der Waals surface area contributed by atoms with E-state index in [9.17, 15) is 27.1 Å². The zero-order chi connectivity index (χ0) is 22.1. The summed E-state index contributed by atoms with van der Waals surface area (Å²) in [6, 6.07) is 2.99. The van der Waals surface area contributed by atoms with Gasteiger partial charge in [0.15, 0.2) is 17.4 Å². The number of rotatable bonds is 6. The first kappa shape index (κ1) is 22.3. The molecule has 30 heavy (non-hydrogen) atoms. The highest BCUT2D eigenvalue weighted by Crippen LogP contribution is 2.28. The number of aliphatic hydroxyl groups is 1. The van der Waals surface area contributed by atoms with Gasteiger partial charge in [0.25, 0.3) is 0 Å². The minimum Gasteiger partial charge on any atom is -0.387 e. The maximum Gasteiger partial charge on any atom is 0.248 e. The number of sulfonamides is 1. The van der Waals surface area contributed by atoms with E-state index in [0.29, 0.717) is 12.8 Å². The molecule has 2 unspecified atom stereocenters. The van der Waals surface area contributed by atoms with E-state index in [2.05, 4.69) is 10.5 Å². The lowest BCUT2D eigenvalue weighted by Gasteiger charge is -2.31. The van der Waals surface area contributed by atoms with Gasteiger partial charge in [-0.1, -0.05) is 11.2 Å². The number of aromatic nitrogens is 1. The van der Waals surface area contributed by atoms with Gasteiger partial charge in [0, 0.05) is 19.6 Å². The van der Waals surface area contributed by atoms with Crippen molar-refractivity contribution in [2.75, 3.05) is 19.6 Å². The lowest BCUT2D eigenvalue weighted by Crippen LogP contribution is -2.46. The van der Waals surface area contributed by atoms with Crippen LogP contribution in [0.2, 0.25) is 0 Å². The molecule has 2 aromatic rings. The van der Waals surface area contributed by atoms with Gasteiger partial charge in [-0.25, -0.2) is 17.2 Å². The predicted octanol–water partition coefficient (Wildman–Crippen LogP) is 1.82. The molecule has 0 aliphatic carbocycles. The average Bonchev–Trinajstić information content (AvgIpc) is 3.06. The van der Waals surface area contributed by atoms with E-state index >= 15 is 0 Å². The molecule has 1 aliphatic rings. The molecule has 8 nitrogen and oxygen atoms in total. The van der Waals surface area contributed by atoms with Crippen molar-refractivity contribution < 1.29 is 31.6 Å². The topological polar surface area (TPSA) is 113 Å². The number of carbonyl (C=O) groups excluding carboxylic acids is 1. The molecule has 1 aromatic carbocycles. The minimum absolute atomic E-state index is 0.0114. The third-order valence-corrected chi connectivity index (χ3v) is 7.23. The smallest absolute Gasteiger partial charge is 0.248 e. The van der Waals surface area contributed by atoms with Crippen LogP contribution in [0.4, 0.5) is 8.78 Å². The molecule has 11 heteroatoms. The number of carbonyl (C=O) groups is 1. The van der Waals surface area contributed by atoms with Gasteiger partial charge in [-0.05, 0) is 44.4 Å². The fraction of sp³-hybridized carbons (Fsp3) is 0.474. The maximum atomic E-state index is 13.3. The van der Waals surface area contributed by atoms with Crippen molar-refractivity contribution in [2.24, 2.45) is 5.92 Å². The molecule has 164 valence electrons. The van der Waals surface area contributed by atoms with E-state index in [0.717, 1.165) is 12.1 Å². The lowest BCUT2D eigenvalue weighted by atomic mass is 9.98. The van der Waals surface area contributed by atoms with E-state index in [1.807, 2.05) is 0 Å². The number of aliphatic hydroxyl groups excluding tert-OH is 1. The van der Waals surface area contributed by atoms with Crippen molar-refractivity contribution in [1.29, 1.82) is 0 Å². The number of benzene rings is 1. The summed E-state index contributed by atoms with van der Waals surface area (Å²) in [5.74, 6) is -2.96.